The molecule has 4 rings (SSSR count). The Labute approximate surface area is 210 Å². The fourth-order valence-corrected chi connectivity index (χ4v) is 4.48. The van der Waals surface area contributed by atoms with Gasteiger partial charge in [-0.05, 0) is 48.1 Å². The second-order valence-electron chi connectivity index (χ2n) is 8.54. The Kier molecular flexibility index (Phi) is 8.05. The maximum atomic E-state index is 13.4. The molecular formula is C29H26N4O3. The van der Waals surface area contributed by atoms with Crippen molar-refractivity contribution in [3.8, 4) is 12.1 Å². The van der Waals surface area contributed by atoms with Gasteiger partial charge in [0, 0.05) is 18.5 Å². The van der Waals surface area contributed by atoms with Crippen LogP contribution < -0.4 is 0 Å². The third kappa shape index (κ3) is 5.59. The summed E-state index contributed by atoms with van der Waals surface area (Å²) in [5.41, 5.74) is 4.91. The summed E-state index contributed by atoms with van der Waals surface area (Å²) in [6.07, 6.45) is 4.82. The van der Waals surface area contributed by atoms with Crippen LogP contribution in [0.25, 0.3) is 22.6 Å². The van der Waals surface area contributed by atoms with E-state index in [2.05, 4.69) is 6.08 Å². The van der Waals surface area contributed by atoms with Crippen molar-refractivity contribution in [3.05, 3.63) is 77.0 Å². The third-order valence-electron chi connectivity index (χ3n) is 6.18. The smallest absolute Gasteiger partial charge is 0.339 e. The molecule has 0 saturated carbocycles. The number of carbonyl (C=O) groups is 2. The van der Waals surface area contributed by atoms with E-state index in [9.17, 15) is 9.59 Å². The Hall–Kier alpha value is -4.49. The van der Waals surface area contributed by atoms with Crippen molar-refractivity contribution in [1.82, 2.24) is 9.88 Å². The van der Waals surface area contributed by atoms with Crippen LogP contribution >= 0.6 is 0 Å². The van der Waals surface area contributed by atoms with Crippen molar-refractivity contribution in [2.24, 2.45) is 0 Å². The van der Waals surface area contributed by atoms with Crippen LogP contribution in [0.1, 0.15) is 52.9 Å². The van der Waals surface area contributed by atoms with E-state index in [1.54, 1.807) is 0 Å². The molecule has 0 unspecified atom stereocenters. The molecule has 0 N–H and O–H groups in total. The molecule has 0 saturated heterocycles. The van der Waals surface area contributed by atoms with Gasteiger partial charge in [0.1, 0.15) is 0 Å². The van der Waals surface area contributed by atoms with Crippen LogP contribution in [0.5, 0.6) is 0 Å². The largest absolute Gasteiger partial charge is 0.452 e. The summed E-state index contributed by atoms with van der Waals surface area (Å²) < 4.78 is 5.52. The van der Waals surface area contributed by atoms with E-state index in [1.165, 1.54) is 4.90 Å². The Morgan fingerprint density at radius 2 is 1.67 bits per heavy atom. The molecule has 3 aromatic rings. The van der Waals surface area contributed by atoms with Crippen LogP contribution in [0.3, 0.4) is 0 Å². The third-order valence-corrected chi connectivity index (χ3v) is 6.18. The first kappa shape index (κ1) is 24.6. The summed E-state index contributed by atoms with van der Waals surface area (Å²) in [6, 6.07) is 21.5. The van der Waals surface area contributed by atoms with Crippen LogP contribution in [0.4, 0.5) is 0 Å². The van der Waals surface area contributed by atoms with E-state index in [1.807, 2.05) is 66.7 Å². The minimum absolute atomic E-state index is 0.143. The van der Waals surface area contributed by atoms with E-state index >= 15 is 0 Å². The van der Waals surface area contributed by atoms with E-state index in [-0.39, 0.29) is 25.9 Å². The molecule has 0 spiro atoms. The fourth-order valence-electron chi connectivity index (χ4n) is 4.48. The molecule has 36 heavy (non-hydrogen) atoms. The summed E-state index contributed by atoms with van der Waals surface area (Å²) in [7, 11) is 0. The molecule has 1 aliphatic carbocycles. The standard InChI is InChI=1S/C29H26N4O3/c30-15-7-17-33(18-8-16-31)26(34)20-36-29(35)27-23-12-4-5-14-25(23)32-28-22(11-6-13-24(27)28)19-21-9-2-1-3-10-21/h1-5,9-10,12,14,19H,6-8,11,13,17-18,20H2/b22-19+. The van der Waals surface area contributed by atoms with Crippen molar-refractivity contribution in [3.63, 3.8) is 0 Å². The van der Waals surface area contributed by atoms with E-state index in [0.717, 1.165) is 35.2 Å². The first-order chi connectivity index (χ1) is 17.6. The lowest BCUT2D eigenvalue weighted by Gasteiger charge is -2.23. The van der Waals surface area contributed by atoms with Crippen molar-refractivity contribution >= 4 is 34.4 Å². The zero-order valence-electron chi connectivity index (χ0n) is 19.9. The number of carbonyl (C=O) groups excluding carboxylic acids is 2. The highest BCUT2D eigenvalue weighted by Gasteiger charge is 2.27. The summed E-state index contributed by atoms with van der Waals surface area (Å²) >= 11 is 0. The molecule has 0 atom stereocenters. The average molecular weight is 479 g/mol. The summed E-state index contributed by atoms with van der Waals surface area (Å²) in [4.78, 5) is 32.4. The van der Waals surface area contributed by atoms with E-state index in [0.29, 0.717) is 22.9 Å². The molecule has 0 fully saturated rings. The number of fused-ring (bicyclic) bond motifs is 2. The van der Waals surface area contributed by atoms with Gasteiger partial charge in [-0.25, -0.2) is 9.78 Å². The van der Waals surface area contributed by atoms with Gasteiger partial charge in [0.25, 0.3) is 5.91 Å². The maximum absolute atomic E-state index is 13.4. The van der Waals surface area contributed by atoms with Crippen molar-refractivity contribution in [2.45, 2.75) is 32.1 Å². The van der Waals surface area contributed by atoms with Gasteiger partial charge in [-0.3, -0.25) is 4.79 Å². The van der Waals surface area contributed by atoms with Crippen molar-refractivity contribution < 1.29 is 14.3 Å². The normalized spacial score (nSPS) is 13.4. The highest BCUT2D eigenvalue weighted by atomic mass is 16.5. The Morgan fingerprint density at radius 1 is 0.972 bits per heavy atom. The lowest BCUT2D eigenvalue weighted by molar-refractivity contribution is -0.134. The number of pyridine rings is 1. The number of amides is 1. The second-order valence-corrected chi connectivity index (χ2v) is 8.54. The number of benzene rings is 2. The number of ether oxygens (including phenoxy) is 1. The summed E-state index contributed by atoms with van der Waals surface area (Å²) in [5.74, 6) is -0.995. The van der Waals surface area contributed by atoms with Gasteiger partial charge < -0.3 is 9.64 Å². The SMILES string of the molecule is N#CCCN(CCC#N)C(=O)COC(=O)c1c2c(nc3ccccc13)/C(=C/c1ccccc1)CCC2. The number of rotatable bonds is 8. The molecule has 7 nitrogen and oxygen atoms in total. The number of aromatic nitrogens is 1. The topological polar surface area (TPSA) is 107 Å². The molecule has 1 amide bonds. The minimum Gasteiger partial charge on any atom is -0.452 e. The molecular weight excluding hydrogens is 452 g/mol. The van der Waals surface area contributed by atoms with Crippen LogP contribution in [0, 0.1) is 22.7 Å². The Balaban J connectivity index is 1.66. The van der Waals surface area contributed by atoms with E-state index in [4.69, 9.17) is 20.2 Å². The number of allylic oxidation sites excluding steroid dienone is 1. The molecule has 1 aliphatic rings. The molecule has 1 aromatic heterocycles. The predicted molar refractivity (Wildman–Crippen MR) is 136 cm³/mol. The van der Waals surface area contributed by atoms with Gasteiger partial charge in [-0.1, -0.05) is 48.5 Å². The van der Waals surface area contributed by atoms with Gasteiger partial charge in [0.2, 0.25) is 0 Å². The highest BCUT2D eigenvalue weighted by molar-refractivity contribution is 6.07. The molecule has 1 heterocycles. The van der Waals surface area contributed by atoms with Gasteiger partial charge in [-0.15, -0.1) is 0 Å². The van der Waals surface area contributed by atoms with Gasteiger partial charge in [0.05, 0.1) is 41.8 Å². The highest BCUT2D eigenvalue weighted by Crippen LogP contribution is 2.36. The molecule has 0 bridgehead atoms. The lowest BCUT2D eigenvalue weighted by Crippen LogP contribution is -2.36. The quantitative estimate of drug-likeness (QED) is 0.425. The van der Waals surface area contributed by atoms with Gasteiger partial charge in [-0.2, -0.15) is 10.5 Å². The molecule has 0 radical (unpaired) electrons. The van der Waals surface area contributed by atoms with Crippen molar-refractivity contribution in [1.29, 1.82) is 10.5 Å². The average Bonchev–Trinajstić information content (AvgIpc) is 2.91. The minimum atomic E-state index is -0.570. The molecule has 0 aliphatic heterocycles. The van der Waals surface area contributed by atoms with Crippen LogP contribution in [-0.2, 0) is 16.0 Å². The lowest BCUT2D eigenvalue weighted by atomic mass is 9.86. The van der Waals surface area contributed by atoms with Crippen LogP contribution in [0.2, 0.25) is 0 Å². The van der Waals surface area contributed by atoms with Gasteiger partial charge >= 0.3 is 5.97 Å². The molecule has 7 heteroatoms. The first-order valence-corrected chi connectivity index (χ1v) is 12.0. The fraction of sp³-hybridized carbons (Fsp3) is 0.276. The van der Waals surface area contributed by atoms with Crippen molar-refractivity contribution in [2.75, 3.05) is 19.7 Å². The first-order valence-electron chi connectivity index (χ1n) is 12.0. The van der Waals surface area contributed by atoms with Gasteiger partial charge in [0.15, 0.2) is 6.61 Å². The number of hydrogen-bond donors (Lipinski definition) is 0. The predicted octanol–water partition coefficient (Wildman–Crippen LogP) is 4.92. The Morgan fingerprint density at radius 3 is 2.39 bits per heavy atom. The van der Waals surface area contributed by atoms with E-state index < -0.39 is 18.5 Å². The Bertz CT molecular complexity index is 1370. The number of nitrogens with zero attached hydrogens (tertiary/aromatic N) is 4. The van der Waals surface area contributed by atoms with Crippen LogP contribution in [0.15, 0.2) is 54.6 Å². The summed E-state index contributed by atoms with van der Waals surface area (Å²) in [5, 5.41) is 18.4. The zero-order valence-corrected chi connectivity index (χ0v) is 19.9. The second kappa shape index (κ2) is 11.8. The number of hydrogen-bond acceptors (Lipinski definition) is 6. The number of para-hydroxylation sites is 1. The molecule has 2 aromatic carbocycles. The van der Waals surface area contributed by atoms with Crippen LogP contribution in [-0.4, -0.2) is 41.5 Å². The monoisotopic (exact) mass is 478 g/mol. The maximum Gasteiger partial charge on any atom is 0.339 e. The summed E-state index contributed by atoms with van der Waals surface area (Å²) in [6.45, 7) is -0.0700. The molecule has 180 valence electrons. The zero-order chi connectivity index (χ0) is 25.3. The number of nitriles is 2. The number of esters is 1.